The van der Waals surface area contributed by atoms with Gasteiger partial charge < -0.3 is 15.1 Å². The minimum atomic E-state index is -0.266. The molecule has 1 amide bonds. The second-order valence-corrected chi connectivity index (χ2v) is 6.70. The highest BCUT2D eigenvalue weighted by Gasteiger charge is 2.13. The van der Waals surface area contributed by atoms with Crippen LogP contribution in [0.1, 0.15) is 36.5 Å². The minimum absolute atomic E-state index is 0.266. The van der Waals surface area contributed by atoms with Crippen LogP contribution in [0.3, 0.4) is 0 Å². The SMILES string of the molecule is CC(C)CCNc1cc(C(=O)NCc2ccco2)nc(-c2ccccc2)n1. The van der Waals surface area contributed by atoms with Crippen LogP contribution in [-0.2, 0) is 6.54 Å². The van der Waals surface area contributed by atoms with Crippen LogP contribution in [0, 0.1) is 5.92 Å². The number of aromatic nitrogens is 2. The fourth-order valence-corrected chi connectivity index (χ4v) is 2.53. The predicted octanol–water partition coefficient (Wildman–Crippen LogP) is 4.12. The summed E-state index contributed by atoms with van der Waals surface area (Å²) in [6.07, 6.45) is 2.60. The van der Waals surface area contributed by atoms with E-state index in [2.05, 4.69) is 34.4 Å². The lowest BCUT2D eigenvalue weighted by Gasteiger charge is -2.11. The molecule has 0 aliphatic rings. The van der Waals surface area contributed by atoms with Gasteiger partial charge in [-0.05, 0) is 24.5 Å². The summed E-state index contributed by atoms with van der Waals surface area (Å²) in [6.45, 7) is 5.44. The first-order valence-electron chi connectivity index (χ1n) is 9.11. The molecule has 2 N–H and O–H groups in total. The van der Waals surface area contributed by atoms with Gasteiger partial charge in [0.25, 0.3) is 5.91 Å². The summed E-state index contributed by atoms with van der Waals surface area (Å²) in [4.78, 5) is 21.6. The average molecular weight is 364 g/mol. The van der Waals surface area contributed by atoms with Crippen molar-refractivity contribution in [3.8, 4) is 11.4 Å². The molecule has 0 unspecified atom stereocenters. The van der Waals surface area contributed by atoms with Gasteiger partial charge in [-0.1, -0.05) is 44.2 Å². The molecule has 0 aliphatic carbocycles. The summed E-state index contributed by atoms with van der Waals surface area (Å²) >= 11 is 0. The molecule has 2 heterocycles. The molecule has 2 aromatic heterocycles. The van der Waals surface area contributed by atoms with Crippen LogP contribution in [0.15, 0.2) is 59.2 Å². The number of carbonyl (C=O) groups excluding carboxylic acids is 1. The predicted molar refractivity (Wildman–Crippen MR) is 105 cm³/mol. The Morgan fingerprint density at radius 2 is 1.93 bits per heavy atom. The molecule has 3 rings (SSSR count). The third kappa shape index (κ3) is 5.41. The van der Waals surface area contributed by atoms with Crippen LogP contribution in [0.2, 0.25) is 0 Å². The molecule has 1 aromatic carbocycles. The summed E-state index contributed by atoms with van der Waals surface area (Å²) < 4.78 is 5.25. The van der Waals surface area contributed by atoms with Crippen molar-refractivity contribution in [1.29, 1.82) is 0 Å². The zero-order valence-electron chi connectivity index (χ0n) is 15.6. The largest absolute Gasteiger partial charge is 0.467 e. The molecule has 0 saturated heterocycles. The quantitative estimate of drug-likeness (QED) is 0.628. The molecular formula is C21H24N4O2. The molecule has 0 radical (unpaired) electrons. The van der Waals surface area contributed by atoms with Gasteiger partial charge in [0.1, 0.15) is 17.3 Å². The van der Waals surface area contributed by atoms with Crippen LogP contribution < -0.4 is 10.6 Å². The zero-order chi connectivity index (χ0) is 19.1. The second kappa shape index (κ2) is 8.98. The van der Waals surface area contributed by atoms with Gasteiger partial charge in [0.15, 0.2) is 5.82 Å². The Morgan fingerprint density at radius 3 is 2.63 bits per heavy atom. The van der Waals surface area contributed by atoms with Gasteiger partial charge in [0.05, 0.1) is 12.8 Å². The van der Waals surface area contributed by atoms with Crippen molar-refractivity contribution >= 4 is 11.7 Å². The number of carbonyl (C=O) groups is 1. The molecule has 27 heavy (non-hydrogen) atoms. The van der Waals surface area contributed by atoms with E-state index in [-0.39, 0.29) is 5.91 Å². The number of benzene rings is 1. The van der Waals surface area contributed by atoms with E-state index in [4.69, 9.17) is 4.42 Å². The van der Waals surface area contributed by atoms with Crippen LogP contribution in [0.5, 0.6) is 0 Å². The van der Waals surface area contributed by atoms with E-state index in [9.17, 15) is 4.79 Å². The van der Waals surface area contributed by atoms with E-state index in [1.807, 2.05) is 36.4 Å². The van der Waals surface area contributed by atoms with Crippen LogP contribution in [0.25, 0.3) is 11.4 Å². The highest BCUT2D eigenvalue weighted by molar-refractivity contribution is 5.93. The number of nitrogens with zero attached hydrogens (tertiary/aromatic N) is 2. The van der Waals surface area contributed by atoms with Crippen LogP contribution in [-0.4, -0.2) is 22.4 Å². The fraction of sp³-hybridized carbons (Fsp3) is 0.286. The van der Waals surface area contributed by atoms with Crippen molar-refractivity contribution in [3.63, 3.8) is 0 Å². The van der Waals surface area contributed by atoms with E-state index >= 15 is 0 Å². The number of hydrogen-bond donors (Lipinski definition) is 2. The Morgan fingerprint density at radius 1 is 1.11 bits per heavy atom. The third-order valence-corrected chi connectivity index (χ3v) is 4.02. The van der Waals surface area contributed by atoms with Crippen molar-refractivity contribution in [2.24, 2.45) is 5.92 Å². The van der Waals surface area contributed by atoms with Gasteiger partial charge in [-0.15, -0.1) is 0 Å². The zero-order valence-corrected chi connectivity index (χ0v) is 15.6. The molecule has 0 atom stereocenters. The van der Waals surface area contributed by atoms with Crippen molar-refractivity contribution in [2.75, 3.05) is 11.9 Å². The lowest BCUT2D eigenvalue weighted by Crippen LogP contribution is -2.24. The number of anilines is 1. The molecule has 3 aromatic rings. The molecule has 0 spiro atoms. The van der Waals surface area contributed by atoms with E-state index in [1.54, 1.807) is 18.4 Å². The van der Waals surface area contributed by atoms with Gasteiger partial charge in [-0.25, -0.2) is 9.97 Å². The van der Waals surface area contributed by atoms with Gasteiger partial charge in [-0.3, -0.25) is 4.79 Å². The Bertz CT molecular complexity index is 861. The molecule has 0 fully saturated rings. The lowest BCUT2D eigenvalue weighted by molar-refractivity contribution is 0.0943. The van der Waals surface area contributed by atoms with E-state index in [1.165, 1.54) is 0 Å². The second-order valence-electron chi connectivity index (χ2n) is 6.70. The highest BCUT2D eigenvalue weighted by atomic mass is 16.3. The maximum atomic E-state index is 12.6. The van der Waals surface area contributed by atoms with Crippen molar-refractivity contribution in [3.05, 3.63) is 66.2 Å². The number of amides is 1. The fourth-order valence-electron chi connectivity index (χ4n) is 2.53. The first kappa shape index (κ1) is 18.6. The van der Waals surface area contributed by atoms with Crippen molar-refractivity contribution < 1.29 is 9.21 Å². The third-order valence-electron chi connectivity index (χ3n) is 4.02. The highest BCUT2D eigenvalue weighted by Crippen LogP contribution is 2.18. The lowest BCUT2D eigenvalue weighted by atomic mass is 10.1. The van der Waals surface area contributed by atoms with Gasteiger partial charge in [-0.2, -0.15) is 0 Å². The molecule has 0 aliphatic heterocycles. The maximum Gasteiger partial charge on any atom is 0.270 e. The maximum absolute atomic E-state index is 12.6. The Kier molecular flexibility index (Phi) is 6.20. The van der Waals surface area contributed by atoms with Crippen molar-refractivity contribution in [1.82, 2.24) is 15.3 Å². The number of rotatable bonds is 8. The summed E-state index contributed by atoms with van der Waals surface area (Å²) in [6, 6.07) is 14.9. The molecule has 140 valence electrons. The van der Waals surface area contributed by atoms with Gasteiger partial charge in [0.2, 0.25) is 0 Å². The molecular weight excluding hydrogens is 340 g/mol. The topological polar surface area (TPSA) is 80.0 Å². The molecule has 0 saturated carbocycles. The normalized spacial score (nSPS) is 10.8. The Labute approximate surface area is 159 Å². The first-order chi connectivity index (χ1) is 13.1. The van der Waals surface area contributed by atoms with Gasteiger partial charge in [0, 0.05) is 18.2 Å². The van der Waals surface area contributed by atoms with E-state index < -0.39 is 0 Å². The van der Waals surface area contributed by atoms with Gasteiger partial charge >= 0.3 is 0 Å². The Balaban J connectivity index is 1.81. The standard InChI is InChI=1S/C21H24N4O2/c1-15(2)10-11-22-19-13-18(21(26)23-14-17-9-6-12-27-17)24-20(25-19)16-7-4-3-5-8-16/h3-9,12-13,15H,10-11,14H2,1-2H3,(H,23,26)(H,22,24,25). The summed E-state index contributed by atoms with van der Waals surface area (Å²) in [5.74, 6) is 2.18. The molecule has 6 heteroatoms. The average Bonchev–Trinajstić information content (AvgIpc) is 3.20. The van der Waals surface area contributed by atoms with E-state index in [0.29, 0.717) is 35.6 Å². The Hall–Kier alpha value is -3.15. The summed E-state index contributed by atoms with van der Waals surface area (Å²) in [7, 11) is 0. The molecule has 0 bridgehead atoms. The molecule has 6 nitrogen and oxygen atoms in total. The summed E-state index contributed by atoms with van der Waals surface area (Å²) in [5.41, 5.74) is 1.19. The summed E-state index contributed by atoms with van der Waals surface area (Å²) in [5, 5.41) is 6.13. The van der Waals surface area contributed by atoms with Crippen LogP contribution >= 0.6 is 0 Å². The number of hydrogen-bond acceptors (Lipinski definition) is 5. The van der Waals surface area contributed by atoms with Crippen molar-refractivity contribution in [2.45, 2.75) is 26.8 Å². The number of furan rings is 1. The first-order valence-corrected chi connectivity index (χ1v) is 9.11. The minimum Gasteiger partial charge on any atom is -0.467 e. The van der Waals surface area contributed by atoms with Crippen LogP contribution in [0.4, 0.5) is 5.82 Å². The monoisotopic (exact) mass is 364 g/mol. The number of nitrogens with one attached hydrogen (secondary N) is 2. The van der Waals surface area contributed by atoms with E-state index in [0.717, 1.165) is 18.5 Å². The smallest absolute Gasteiger partial charge is 0.270 e.